The van der Waals surface area contributed by atoms with Crippen molar-refractivity contribution in [2.75, 3.05) is 13.1 Å². The lowest BCUT2D eigenvalue weighted by Gasteiger charge is -2.41. The molecule has 3 unspecified atom stereocenters. The van der Waals surface area contributed by atoms with Gasteiger partial charge in [-0.25, -0.2) is 4.98 Å². The highest BCUT2D eigenvalue weighted by Gasteiger charge is 2.31. The smallest absolute Gasteiger partial charge is 0.252 e. The Labute approximate surface area is 177 Å². The summed E-state index contributed by atoms with van der Waals surface area (Å²) in [7, 11) is 0.532. The second kappa shape index (κ2) is 7.35. The molecule has 0 bridgehead atoms. The van der Waals surface area contributed by atoms with E-state index >= 15 is 0 Å². The summed E-state index contributed by atoms with van der Waals surface area (Å²) in [4.78, 5) is 21.9. The van der Waals surface area contributed by atoms with Gasteiger partial charge in [-0.3, -0.25) is 4.79 Å². The van der Waals surface area contributed by atoms with E-state index in [-0.39, 0.29) is 11.7 Å². The van der Waals surface area contributed by atoms with Crippen molar-refractivity contribution in [2.24, 2.45) is 0 Å². The Bertz CT molecular complexity index is 1060. The van der Waals surface area contributed by atoms with E-state index in [1.54, 1.807) is 11.3 Å². The zero-order valence-corrected chi connectivity index (χ0v) is 18.7. The summed E-state index contributed by atoms with van der Waals surface area (Å²) in [5.41, 5.74) is 3.27. The maximum absolute atomic E-state index is 13.0. The van der Waals surface area contributed by atoms with Crippen molar-refractivity contribution in [1.82, 2.24) is 20.1 Å². The van der Waals surface area contributed by atoms with Crippen molar-refractivity contribution < 1.29 is 4.79 Å². The fourth-order valence-corrected chi connectivity index (χ4v) is 6.56. The van der Waals surface area contributed by atoms with Crippen LogP contribution in [-0.4, -0.2) is 51.6 Å². The first-order valence-electron chi connectivity index (χ1n) is 10.1. The molecule has 3 aliphatic heterocycles. The zero-order valence-electron chi connectivity index (χ0n) is 16.8. The Balaban J connectivity index is 1.40. The first kappa shape index (κ1) is 19.0. The molecule has 0 spiro atoms. The van der Waals surface area contributed by atoms with Gasteiger partial charge in [-0.15, -0.1) is 11.3 Å². The molecule has 1 aromatic heterocycles. The van der Waals surface area contributed by atoms with E-state index in [4.69, 9.17) is 0 Å². The van der Waals surface area contributed by atoms with Gasteiger partial charge in [0.05, 0.1) is 26.7 Å². The highest BCUT2D eigenvalue weighted by molar-refractivity contribution is 7.51. The van der Waals surface area contributed by atoms with E-state index in [1.807, 2.05) is 24.1 Å². The van der Waals surface area contributed by atoms with Gasteiger partial charge in [0.15, 0.2) is 0 Å². The van der Waals surface area contributed by atoms with Crippen LogP contribution < -0.4 is 5.32 Å². The van der Waals surface area contributed by atoms with Gasteiger partial charge in [-0.05, 0) is 49.9 Å². The first-order chi connectivity index (χ1) is 14.0. The summed E-state index contributed by atoms with van der Waals surface area (Å²) in [5.74, 6) is 0.174. The third-order valence-electron chi connectivity index (χ3n) is 5.57. The van der Waals surface area contributed by atoms with Crippen LogP contribution in [0.5, 0.6) is 0 Å². The van der Waals surface area contributed by atoms with Crippen LogP contribution in [0.2, 0.25) is 0 Å². The lowest BCUT2D eigenvalue weighted by atomic mass is 10.1. The van der Waals surface area contributed by atoms with Crippen LogP contribution in [-0.2, 0) is 4.79 Å². The van der Waals surface area contributed by atoms with Crippen LogP contribution in [0, 0.1) is 6.92 Å². The van der Waals surface area contributed by atoms with Crippen molar-refractivity contribution in [3.05, 3.63) is 58.9 Å². The molecule has 1 aromatic carbocycles. The zero-order chi connectivity index (χ0) is 20.1. The number of rotatable bonds is 2. The Morgan fingerprint density at radius 2 is 2.03 bits per heavy atom. The molecule has 150 valence electrons. The molecule has 3 aliphatic rings. The molecule has 29 heavy (non-hydrogen) atoms. The van der Waals surface area contributed by atoms with E-state index in [1.165, 1.54) is 4.70 Å². The van der Waals surface area contributed by atoms with Crippen molar-refractivity contribution in [3.8, 4) is 0 Å². The Kier molecular flexibility index (Phi) is 4.81. The molecule has 0 aliphatic carbocycles. The number of nitrogens with zero attached hydrogens (tertiary/aromatic N) is 3. The van der Waals surface area contributed by atoms with Crippen LogP contribution in [0.1, 0.15) is 24.4 Å². The van der Waals surface area contributed by atoms with E-state index in [0.29, 0.717) is 20.7 Å². The number of benzene rings is 1. The number of aryl methyl sites for hydroxylation is 1. The predicted molar refractivity (Wildman–Crippen MR) is 122 cm³/mol. The predicted octanol–water partition coefficient (Wildman–Crippen LogP) is 3.89. The Morgan fingerprint density at radius 1 is 1.24 bits per heavy atom. The number of fused-ring (bicyclic) bond motifs is 2. The monoisotopic (exact) mass is 424 g/mol. The third kappa shape index (κ3) is 3.65. The second-order valence-corrected chi connectivity index (χ2v) is 10.7. The number of carbonyl (C=O) groups excluding carboxylic acids is 1. The maximum Gasteiger partial charge on any atom is 0.252 e. The van der Waals surface area contributed by atoms with Gasteiger partial charge in [-0.2, -0.15) is 0 Å². The Hall–Kier alpha value is -2.01. The number of allylic oxidation sites excluding steroid dienone is 1. The van der Waals surface area contributed by atoms with Crippen LogP contribution in [0.15, 0.2) is 48.3 Å². The molecule has 7 heteroatoms. The number of thiazole rings is 1. The molecule has 1 saturated heterocycles. The summed E-state index contributed by atoms with van der Waals surface area (Å²) < 4.78 is 1.20. The number of nitrogens with one attached hydrogen (secondary N) is 1. The lowest BCUT2D eigenvalue weighted by molar-refractivity contribution is -0.123. The van der Waals surface area contributed by atoms with Gasteiger partial charge < -0.3 is 15.1 Å². The average molecular weight is 425 g/mol. The SMILES string of the molecule is Cc1nc2cc(C3=CC(=O)N4C=C(N5CC(C)N[C@@H](C)C5)C=CC4P3)ccc2s1. The van der Waals surface area contributed by atoms with Crippen molar-refractivity contribution in [2.45, 2.75) is 38.6 Å². The molecule has 5 rings (SSSR count). The minimum atomic E-state index is 0.0661. The number of amides is 1. The van der Waals surface area contributed by atoms with E-state index in [2.05, 4.69) is 59.4 Å². The first-order valence-corrected chi connectivity index (χ1v) is 11.9. The van der Waals surface area contributed by atoms with Gasteiger partial charge in [0.25, 0.3) is 5.91 Å². The summed E-state index contributed by atoms with van der Waals surface area (Å²) in [5, 5.41) is 5.76. The molecule has 1 fully saturated rings. The average Bonchev–Trinajstić information content (AvgIpc) is 3.06. The van der Waals surface area contributed by atoms with Crippen LogP contribution >= 0.6 is 19.9 Å². The van der Waals surface area contributed by atoms with Crippen molar-refractivity contribution in [3.63, 3.8) is 0 Å². The number of hydrogen-bond acceptors (Lipinski definition) is 5. The number of carbonyl (C=O) groups is 1. The van der Waals surface area contributed by atoms with Crippen LogP contribution in [0.4, 0.5) is 0 Å². The summed E-state index contributed by atoms with van der Waals surface area (Å²) in [6.07, 6.45) is 8.25. The molecule has 0 radical (unpaired) electrons. The second-order valence-electron chi connectivity index (χ2n) is 8.09. The topological polar surface area (TPSA) is 48.5 Å². The summed E-state index contributed by atoms with van der Waals surface area (Å²) >= 11 is 1.71. The lowest BCUT2D eigenvalue weighted by Crippen LogP contribution is -2.54. The van der Waals surface area contributed by atoms with E-state index < -0.39 is 0 Å². The Morgan fingerprint density at radius 3 is 2.83 bits per heavy atom. The minimum Gasteiger partial charge on any atom is -0.367 e. The van der Waals surface area contributed by atoms with Crippen LogP contribution in [0.3, 0.4) is 0 Å². The quantitative estimate of drug-likeness (QED) is 0.744. The summed E-state index contributed by atoms with van der Waals surface area (Å²) in [6.45, 7) is 8.38. The molecule has 4 heterocycles. The fraction of sp³-hybridized carbons (Fsp3) is 0.364. The molecular weight excluding hydrogens is 399 g/mol. The van der Waals surface area contributed by atoms with E-state index in [0.717, 1.165) is 40.2 Å². The molecule has 0 saturated carbocycles. The molecule has 4 atom stereocenters. The van der Waals surface area contributed by atoms with Gasteiger partial charge in [0.2, 0.25) is 0 Å². The number of aromatic nitrogens is 1. The molecule has 1 amide bonds. The summed E-state index contributed by atoms with van der Waals surface area (Å²) in [6, 6.07) is 7.26. The number of piperazine rings is 1. The van der Waals surface area contributed by atoms with Crippen LogP contribution in [0.25, 0.3) is 15.5 Å². The van der Waals surface area contributed by atoms with Gasteiger partial charge in [0, 0.05) is 37.4 Å². The largest absolute Gasteiger partial charge is 0.367 e. The molecule has 5 nitrogen and oxygen atoms in total. The van der Waals surface area contributed by atoms with Crippen molar-refractivity contribution >= 4 is 41.4 Å². The van der Waals surface area contributed by atoms with Crippen molar-refractivity contribution in [1.29, 1.82) is 0 Å². The van der Waals surface area contributed by atoms with E-state index in [9.17, 15) is 4.79 Å². The highest BCUT2D eigenvalue weighted by Crippen LogP contribution is 2.45. The molecular formula is C22H25N4OPS. The highest BCUT2D eigenvalue weighted by atomic mass is 32.1. The molecule has 2 aromatic rings. The van der Waals surface area contributed by atoms with Gasteiger partial charge in [-0.1, -0.05) is 20.7 Å². The normalized spacial score (nSPS) is 28.0. The maximum atomic E-state index is 13.0. The third-order valence-corrected chi connectivity index (χ3v) is 8.04. The standard InChI is InChI=1S/C22H25N4OPS/c1-13-10-25(11-14(2)23-13)17-5-7-22-26(12-17)21(27)9-19(28-22)16-4-6-20-18(8-16)24-15(3)29-20/h4-9,12-14,22-23,28H,10-11H2,1-3H3/t13-,14?,22?/m0/s1. The molecule has 1 N–H and O–H groups in total. The van der Waals surface area contributed by atoms with Gasteiger partial charge >= 0.3 is 0 Å². The number of hydrogen-bond donors (Lipinski definition) is 1. The minimum absolute atomic E-state index is 0.0661. The fourth-order valence-electron chi connectivity index (χ4n) is 4.37. The van der Waals surface area contributed by atoms with Gasteiger partial charge in [0.1, 0.15) is 0 Å².